The van der Waals surface area contributed by atoms with E-state index in [2.05, 4.69) is 31.2 Å². The molecule has 0 radical (unpaired) electrons. The Bertz CT molecular complexity index is 1180. The largest absolute Gasteiger partial charge is 0.290 e. The Balaban J connectivity index is 1.54. The summed E-state index contributed by atoms with van der Waals surface area (Å²) in [5, 5.41) is 4.88. The molecule has 1 amide bonds. The number of carbonyl (C=O) groups excluding carboxylic acids is 1. The van der Waals surface area contributed by atoms with Crippen molar-refractivity contribution in [3.63, 3.8) is 0 Å². The van der Waals surface area contributed by atoms with Crippen LogP contribution in [0.15, 0.2) is 65.7 Å². The second kappa shape index (κ2) is 9.04. The van der Waals surface area contributed by atoms with Gasteiger partial charge in [0, 0.05) is 23.4 Å². The van der Waals surface area contributed by atoms with E-state index in [1.165, 1.54) is 36.6 Å². The van der Waals surface area contributed by atoms with Crippen molar-refractivity contribution < 1.29 is 4.79 Å². The van der Waals surface area contributed by atoms with E-state index in [4.69, 9.17) is 17.3 Å². The molecule has 1 aromatic heterocycles. The summed E-state index contributed by atoms with van der Waals surface area (Å²) in [6.07, 6.45) is 9.63. The molecule has 0 atom stereocenters. The van der Waals surface area contributed by atoms with E-state index in [9.17, 15) is 4.79 Å². The average Bonchev–Trinajstić information content (AvgIpc) is 3.36. The SMILES string of the molecule is Cc1ccc(-c2nn(-c3ccccc3)cc2C=C2SC(=S)N(C3CCCCC3)C2=O)cc1. The Kier molecular flexibility index (Phi) is 5.98. The summed E-state index contributed by atoms with van der Waals surface area (Å²) in [6, 6.07) is 18.6. The molecule has 1 saturated heterocycles. The fraction of sp³-hybridized carbons (Fsp3) is 0.269. The number of hydrogen-bond donors (Lipinski definition) is 0. The molecule has 1 aliphatic heterocycles. The number of rotatable bonds is 4. The average molecular weight is 460 g/mol. The molecule has 4 nitrogen and oxygen atoms in total. The van der Waals surface area contributed by atoms with Gasteiger partial charge in [0.25, 0.3) is 5.91 Å². The molecular formula is C26H25N3OS2. The van der Waals surface area contributed by atoms with Crippen LogP contribution in [0.25, 0.3) is 23.0 Å². The van der Waals surface area contributed by atoms with E-state index in [1.54, 1.807) is 0 Å². The third kappa shape index (κ3) is 4.17. The van der Waals surface area contributed by atoms with Gasteiger partial charge in [0.2, 0.25) is 0 Å². The monoisotopic (exact) mass is 459 g/mol. The summed E-state index contributed by atoms with van der Waals surface area (Å²) in [6.45, 7) is 2.07. The Morgan fingerprint density at radius 1 is 1.03 bits per heavy atom. The molecule has 162 valence electrons. The smallest absolute Gasteiger partial charge is 0.266 e. The topological polar surface area (TPSA) is 38.1 Å². The number of nitrogens with zero attached hydrogens (tertiary/aromatic N) is 3. The van der Waals surface area contributed by atoms with Crippen molar-refractivity contribution in [2.45, 2.75) is 45.1 Å². The van der Waals surface area contributed by atoms with Crippen LogP contribution in [0.3, 0.4) is 0 Å². The zero-order valence-corrected chi connectivity index (χ0v) is 19.7. The first-order valence-electron chi connectivity index (χ1n) is 11.1. The summed E-state index contributed by atoms with van der Waals surface area (Å²) < 4.78 is 2.56. The van der Waals surface area contributed by atoms with Crippen LogP contribution in [-0.2, 0) is 4.79 Å². The quantitative estimate of drug-likeness (QED) is 0.335. The Labute approximate surface area is 198 Å². The lowest BCUT2D eigenvalue weighted by atomic mass is 9.94. The number of aryl methyl sites for hydroxylation is 1. The predicted octanol–water partition coefficient (Wildman–Crippen LogP) is 6.38. The highest BCUT2D eigenvalue weighted by Crippen LogP contribution is 2.38. The lowest BCUT2D eigenvalue weighted by molar-refractivity contribution is -0.124. The predicted molar refractivity (Wildman–Crippen MR) is 136 cm³/mol. The van der Waals surface area contributed by atoms with Gasteiger partial charge < -0.3 is 0 Å². The first-order chi connectivity index (χ1) is 15.6. The molecule has 5 rings (SSSR count). The molecule has 2 heterocycles. The van der Waals surface area contributed by atoms with Crippen LogP contribution in [0.1, 0.15) is 43.2 Å². The number of para-hydroxylation sites is 1. The molecule has 0 spiro atoms. The fourth-order valence-corrected chi connectivity index (χ4v) is 5.81. The van der Waals surface area contributed by atoms with E-state index < -0.39 is 0 Å². The van der Waals surface area contributed by atoms with Crippen LogP contribution in [0, 0.1) is 6.92 Å². The van der Waals surface area contributed by atoms with Gasteiger partial charge in [-0.25, -0.2) is 4.68 Å². The van der Waals surface area contributed by atoms with E-state index in [0.29, 0.717) is 9.23 Å². The van der Waals surface area contributed by atoms with Crippen molar-refractivity contribution in [3.05, 3.63) is 76.8 Å². The molecule has 32 heavy (non-hydrogen) atoms. The highest BCUT2D eigenvalue weighted by molar-refractivity contribution is 8.26. The van der Waals surface area contributed by atoms with Crippen LogP contribution in [-0.4, -0.2) is 30.9 Å². The zero-order chi connectivity index (χ0) is 22.1. The maximum atomic E-state index is 13.3. The van der Waals surface area contributed by atoms with Gasteiger partial charge in [-0.2, -0.15) is 5.10 Å². The normalized spacial score (nSPS) is 18.7. The van der Waals surface area contributed by atoms with Crippen molar-refractivity contribution in [2.24, 2.45) is 0 Å². The fourth-order valence-electron chi connectivity index (χ4n) is 4.42. The lowest BCUT2D eigenvalue weighted by Crippen LogP contribution is -2.39. The maximum absolute atomic E-state index is 13.3. The molecule has 1 saturated carbocycles. The van der Waals surface area contributed by atoms with Gasteiger partial charge >= 0.3 is 0 Å². The third-order valence-corrected chi connectivity index (χ3v) is 7.47. The molecular weight excluding hydrogens is 434 g/mol. The van der Waals surface area contributed by atoms with E-state index in [-0.39, 0.29) is 11.9 Å². The first kappa shape index (κ1) is 21.2. The second-order valence-electron chi connectivity index (χ2n) is 8.42. The number of hydrogen-bond acceptors (Lipinski definition) is 4. The number of thiocarbonyl (C=S) groups is 1. The summed E-state index contributed by atoms with van der Waals surface area (Å²) in [5.74, 6) is 0.0363. The summed E-state index contributed by atoms with van der Waals surface area (Å²) in [5.41, 5.74) is 4.99. The third-order valence-electron chi connectivity index (χ3n) is 6.14. The molecule has 3 aromatic rings. The number of benzene rings is 2. The lowest BCUT2D eigenvalue weighted by Gasteiger charge is -2.29. The van der Waals surface area contributed by atoms with Crippen LogP contribution in [0.5, 0.6) is 0 Å². The van der Waals surface area contributed by atoms with Crippen LogP contribution in [0.2, 0.25) is 0 Å². The van der Waals surface area contributed by atoms with Gasteiger partial charge in [-0.15, -0.1) is 0 Å². The van der Waals surface area contributed by atoms with Gasteiger partial charge in [0.15, 0.2) is 0 Å². The number of carbonyl (C=O) groups is 1. The highest BCUT2D eigenvalue weighted by atomic mass is 32.2. The minimum absolute atomic E-state index is 0.0363. The van der Waals surface area contributed by atoms with Crippen molar-refractivity contribution in [3.8, 4) is 16.9 Å². The maximum Gasteiger partial charge on any atom is 0.266 e. The Hall–Kier alpha value is -2.70. The standard InChI is InChI=1S/C26H25N3OS2/c1-18-12-14-19(15-13-18)24-20(17-28(27-24)21-8-4-2-5-9-21)16-23-25(30)29(26(31)32-23)22-10-6-3-7-11-22/h2,4-5,8-9,12-17,22H,3,6-7,10-11H2,1H3. The zero-order valence-electron chi connectivity index (χ0n) is 18.0. The van der Waals surface area contributed by atoms with E-state index in [1.807, 2.05) is 52.2 Å². The summed E-state index contributed by atoms with van der Waals surface area (Å²) in [4.78, 5) is 15.9. The molecule has 0 bridgehead atoms. The van der Waals surface area contributed by atoms with Crippen LogP contribution >= 0.6 is 24.0 Å². The van der Waals surface area contributed by atoms with Gasteiger partial charge in [-0.05, 0) is 38.0 Å². The van der Waals surface area contributed by atoms with E-state index in [0.717, 1.165) is 35.3 Å². The molecule has 2 aromatic carbocycles. The molecule has 2 aliphatic rings. The molecule has 0 unspecified atom stereocenters. The molecule has 0 N–H and O–H groups in total. The number of aromatic nitrogens is 2. The number of amides is 1. The molecule has 6 heteroatoms. The van der Waals surface area contributed by atoms with Gasteiger partial charge in [0.1, 0.15) is 4.32 Å². The Morgan fingerprint density at radius 3 is 2.47 bits per heavy atom. The highest BCUT2D eigenvalue weighted by Gasteiger charge is 2.37. The van der Waals surface area contributed by atoms with Gasteiger partial charge in [-0.1, -0.05) is 91.3 Å². The summed E-state index contributed by atoms with van der Waals surface area (Å²) >= 11 is 7.03. The van der Waals surface area contributed by atoms with Crippen molar-refractivity contribution in [1.29, 1.82) is 0 Å². The van der Waals surface area contributed by atoms with Crippen molar-refractivity contribution in [1.82, 2.24) is 14.7 Å². The van der Waals surface area contributed by atoms with Crippen molar-refractivity contribution in [2.75, 3.05) is 0 Å². The Morgan fingerprint density at radius 2 is 1.75 bits per heavy atom. The second-order valence-corrected chi connectivity index (χ2v) is 10.1. The minimum atomic E-state index is 0.0363. The van der Waals surface area contributed by atoms with Gasteiger partial charge in [0.05, 0.1) is 16.3 Å². The number of thioether (sulfide) groups is 1. The minimum Gasteiger partial charge on any atom is -0.290 e. The summed E-state index contributed by atoms with van der Waals surface area (Å²) in [7, 11) is 0. The van der Waals surface area contributed by atoms with E-state index >= 15 is 0 Å². The van der Waals surface area contributed by atoms with Crippen LogP contribution in [0.4, 0.5) is 0 Å². The molecule has 1 aliphatic carbocycles. The van der Waals surface area contributed by atoms with Gasteiger partial charge in [-0.3, -0.25) is 9.69 Å². The van der Waals surface area contributed by atoms with Crippen LogP contribution < -0.4 is 0 Å². The van der Waals surface area contributed by atoms with Crippen molar-refractivity contribution >= 4 is 40.3 Å². The first-order valence-corrected chi connectivity index (χ1v) is 12.3. The molecule has 2 fully saturated rings.